The minimum absolute atomic E-state index is 0.0596. The molecule has 0 radical (unpaired) electrons. The van der Waals surface area contributed by atoms with Crippen LogP contribution < -0.4 is 4.74 Å². The van der Waals surface area contributed by atoms with Gasteiger partial charge >= 0.3 is 0 Å². The summed E-state index contributed by atoms with van der Waals surface area (Å²) < 4.78 is 18.6. The van der Waals surface area contributed by atoms with E-state index in [4.69, 9.17) is 9.72 Å². The number of piperidine rings is 1. The zero-order valence-electron chi connectivity index (χ0n) is 16.3. The van der Waals surface area contributed by atoms with Crippen molar-refractivity contribution in [1.82, 2.24) is 9.88 Å². The van der Waals surface area contributed by atoms with E-state index >= 15 is 0 Å². The van der Waals surface area contributed by atoms with E-state index in [-0.39, 0.29) is 17.6 Å². The maximum Gasteiger partial charge on any atom is 0.253 e. The van der Waals surface area contributed by atoms with Crippen molar-refractivity contribution in [3.63, 3.8) is 0 Å². The summed E-state index contributed by atoms with van der Waals surface area (Å²) in [7, 11) is 1.66. The van der Waals surface area contributed by atoms with Gasteiger partial charge in [-0.1, -0.05) is 18.2 Å². The van der Waals surface area contributed by atoms with Gasteiger partial charge in [-0.3, -0.25) is 9.78 Å². The molecule has 3 aromatic rings. The molecule has 0 spiro atoms. The molecule has 1 aromatic heterocycles. The van der Waals surface area contributed by atoms with Crippen LogP contribution in [0.3, 0.4) is 0 Å². The average molecular weight is 390 g/mol. The van der Waals surface area contributed by atoms with E-state index in [1.807, 2.05) is 47.4 Å². The third-order valence-corrected chi connectivity index (χ3v) is 5.37. The SMILES string of the molecule is COc1ccccc1-c1cccc(C2CCCN(C(=O)c3ccc(F)cc3)C2)n1. The highest BCUT2D eigenvalue weighted by molar-refractivity contribution is 5.94. The molecular formula is C24H23FN2O2. The molecule has 4 nitrogen and oxygen atoms in total. The summed E-state index contributed by atoms with van der Waals surface area (Å²) in [6.45, 7) is 1.32. The maximum absolute atomic E-state index is 13.2. The number of benzene rings is 2. The minimum Gasteiger partial charge on any atom is -0.496 e. The number of pyridine rings is 1. The Hall–Kier alpha value is -3.21. The van der Waals surface area contributed by atoms with Crippen LogP contribution in [0.15, 0.2) is 66.7 Å². The van der Waals surface area contributed by atoms with E-state index < -0.39 is 0 Å². The predicted molar refractivity (Wildman–Crippen MR) is 111 cm³/mol. The van der Waals surface area contributed by atoms with Gasteiger partial charge in [-0.15, -0.1) is 0 Å². The van der Waals surface area contributed by atoms with Crippen LogP contribution >= 0.6 is 0 Å². The third kappa shape index (κ3) is 4.14. The van der Waals surface area contributed by atoms with Gasteiger partial charge in [0.1, 0.15) is 11.6 Å². The largest absolute Gasteiger partial charge is 0.496 e. The maximum atomic E-state index is 13.2. The number of rotatable bonds is 4. The minimum atomic E-state index is -0.338. The van der Waals surface area contributed by atoms with Crippen LogP contribution in [0.25, 0.3) is 11.3 Å². The second-order valence-electron chi connectivity index (χ2n) is 7.25. The summed E-state index contributed by atoms with van der Waals surface area (Å²) in [5, 5.41) is 0. The third-order valence-electron chi connectivity index (χ3n) is 5.37. The zero-order chi connectivity index (χ0) is 20.2. The second kappa shape index (κ2) is 8.43. The number of para-hydroxylation sites is 1. The first-order valence-electron chi connectivity index (χ1n) is 9.81. The number of nitrogens with zero attached hydrogens (tertiary/aromatic N) is 2. The first kappa shape index (κ1) is 19.1. The van der Waals surface area contributed by atoms with Crippen molar-refractivity contribution in [3.8, 4) is 17.0 Å². The molecule has 1 unspecified atom stereocenters. The lowest BCUT2D eigenvalue weighted by Gasteiger charge is -2.32. The molecule has 1 atom stereocenters. The van der Waals surface area contributed by atoms with E-state index in [2.05, 4.69) is 0 Å². The molecule has 0 aliphatic carbocycles. The van der Waals surface area contributed by atoms with Gasteiger partial charge in [0.25, 0.3) is 5.91 Å². The molecule has 2 heterocycles. The Morgan fingerprint density at radius 1 is 1.07 bits per heavy atom. The first-order chi connectivity index (χ1) is 14.2. The van der Waals surface area contributed by atoms with E-state index in [0.29, 0.717) is 18.7 Å². The quantitative estimate of drug-likeness (QED) is 0.635. The van der Waals surface area contributed by atoms with E-state index in [1.165, 1.54) is 12.1 Å². The summed E-state index contributed by atoms with van der Waals surface area (Å²) in [5.41, 5.74) is 3.31. The van der Waals surface area contributed by atoms with Gasteiger partial charge in [-0.05, 0) is 61.4 Å². The lowest BCUT2D eigenvalue weighted by Crippen LogP contribution is -2.39. The number of halogens is 1. The van der Waals surface area contributed by atoms with E-state index in [9.17, 15) is 9.18 Å². The Morgan fingerprint density at radius 2 is 1.86 bits per heavy atom. The van der Waals surface area contributed by atoms with Crippen LogP contribution in [0.4, 0.5) is 4.39 Å². The Balaban J connectivity index is 1.56. The predicted octanol–water partition coefficient (Wildman–Crippen LogP) is 4.92. The monoisotopic (exact) mass is 390 g/mol. The van der Waals surface area contributed by atoms with Crippen LogP contribution in [0.5, 0.6) is 5.75 Å². The number of ether oxygens (including phenoxy) is 1. The van der Waals surface area contributed by atoms with Gasteiger partial charge < -0.3 is 9.64 Å². The molecule has 0 bridgehead atoms. The molecule has 2 aromatic carbocycles. The van der Waals surface area contributed by atoms with Crippen molar-refractivity contribution in [2.45, 2.75) is 18.8 Å². The zero-order valence-corrected chi connectivity index (χ0v) is 16.3. The normalized spacial score (nSPS) is 16.5. The standard InChI is InChI=1S/C24H23FN2O2/c1-29-23-10-3-2-7-20(23)22-9-4-8-21(26-22)18-6-5-15-27(16-18)24(28)17-11-13-19(25)14-12-17/h2-4,7-14,18H,5-6,15-16H2,1H3. The van der Waals surface area contributed by atoms with Gasteiger partial charge in [-0.25, -0.2) is 4.39 Å². The Bertz CT molecular complexity index is 1000. The topological polar surface area (TPSA) is 42.4 Å². The molecule has 1 fully saturated rings. The molecule has 1 aliphatic rings. The Labute approximate surface area is 170 Å². The number of aromatic nitrogens is 1. The first-order valence-corrected chi connectivity index (χ1v) is 9.81. The van der Waals surface area contributed by atoms with Crippen LogP contribution in [-0.4, -0.2) is 36.0 Å². The summed E-state index contributed by atoms with van der Waals surface area (Å²) in [6, 6.07) is 19.6. The van der Waals surface area contributed by atoms with Crippen molar-refractivity contribution in [3.05, 3.63) is 83.8 Å². The number of methoxy groups -OCH3 is 1. The van der Waals surface area contributed by atoms with Gasteiger partial charge in [0, 0.05) is 35.8 Å². The highest BCUT2D eigenvalue weighted by Crippen LogP contribution is 2.31. The molecule has 0 saturated carbocycles. The highest BCUT2D eigenvalue weighted by Gasteiger charge is 2.26. The molecule has 29 heavy (non-hydrogen) atoms. The molecular weight excluding hydrogens is 367 g/mol. The fourth-order valence-electron chi connectivity index (χ4n) is 3.86. The molecule has 5 heteroatoms. The van der Waals surface area contributed by atoms with Crippen molar-refractivity contribution < 1.29 is 13.9 Å². The number of carbonyl (C=O) groups is 1. The van der Waals surface area contributed by atoms with E-state index in [1.54, 1.807) is 19.2 Å². The molecule has 1 saturated heterocycles. The summed E-state index contributed by atoms with van der Waals surface area (Å²) in [5.74, 6) is 0.558. The van der Waals surface area contributed by atoms with Crippen molar-refractivity contribution >= 4 is 5.91 Å². The lowest BCUT2D eigenvalue weighted by molar-refractivity contribution is 0.0706. The number of hydrogen-bond donors (Lipinski definition) is 0. The molecule has 1 aliphatic heterocycles. The number of likely N-dealkylation sites (tertiary alicyclic amines) is 1. The van der Waals surface area contributed by atoms with Crippen LogP contribution in [0.1, 0.15) is 34.8 Å². The van der Waals surface area contributed by atoms with Crippen LogP contribution in [-0.2, 0) is 0 Å². The van der Waals surface area contributed by atoms with Gasteiger partial charge in [0.05, 0.1) is 12.8 Å². The fourth-order valence-corrected chi connectivity index (χ4v) is 3.86. The molecule has 4 rings (SSSR count). The fraction of sp³-hybridized carbons (Fsp3) is 0.250. The van der Waals surface area contributed by atoms with Gasteiger partial charge in [0.2, 0.25) is 0 Å². The van der Waals surface area contributed by atoms with Gasteiger partial charge in [0.15, 0.2) is 0 Å². The second-order valence-corrected chi connectivity index (χ2v) is 7.25. The van der Waals surface area contributed by atoms with Gasteiger partial charge in [-0.2, -0.15) is 0 Å². The summed E-state index contributed by atoms with van der Waals surface area (Å²) in [6.07, 6.45) is 1.90. The average Bonchev–Trinajstić information content (AvgIpc) is 2.79. The Kier molecular flexibility index (Phi) is 5.56. The number of hydrogen-bond acceptors (Lipinski definition) is 3. The number of carbonyl (C=O) groups excluding carboxylic acids is 1. The summed E-state index contributed by atoms with van der Waals surface area (Å²) >= 11 is 0. The van der Waals surface area contributed by atoms with Crippen LogP contribution in [0, 0.1) is 5.82 Å². The molecule has 1 amide bonds. The van der Waals surface area contributed by atoms with Crippen molar-refractivity contribution in [1.29, 1.82) is 0 Å². The van der Waals surface area contributed by atoms with E-state index in [0.717, 1.165) is 35.5 Å². The number of amides is 1. The molecule has 148 valence electrons. The van der Waals surface area contributed by atoms with Crippen molar-refractivity contribution in [2.24, 2.45) is 0 Å². The van der Waals surface area contributed by atoms with Crippen LogP contribution in [0.2, 0.25) is 0 Å². The van der Waals surface area contributed by atoms with Crippen molar-refractivity contribution in [2.75, 3.05) is 20.2 Å². The Morgan fingerprint density at radius 3 is 2.66 bits per heavy atom. The smallest absolute Gasteiger partial charge is 0.253 e. The lowest BCUT2D eigenvalue weighted by atomic mass is 9.93. The molecule has 0 N–H and O–H groups in total. The highest BCUT2D eigenvalue weighted by atomic mass is 19.1. The summed E-state index contributed by atoms with van der Waals surface area (Å²) in [4.78, 5) is 19.6.